The molecule has 16 heavy (non-hydrogen) atoms. The Hall–Kier alpha value is -1.26. The van der Waals surface area contributed by atoms with Gasteiger partial charge in [-0.05, 0) is 12.8 Å². The van der Waals surface area contributed by atoms with E-state index in [1.54, 1.807) is 19.0 Å². The summed E-state index contributed by atoms with van der Waals surface area (Å²) >= 11 is 0. The monoisotopic (exact) mass is 230 g/mol. The van der Waals surface area contributed by atoms with E-state index in [-0.39, 0.29) is 25.0 Å². The van der Waals surface area contributed by atoms with Crippen molar-refractivity contribution in [3.63, 3.8) is 0 Å². The number of hydrogen-bond donors (Lipinski definition) is 1. The van der Waals surface area contributed by atoms with Crippen molar-refractivity contribution in [1.82, 2.24) is 9.80 Å². The first kappa shape index (κ1) is 14.7. The summed E-state index contributed by atoms with van der Waals surface area (Å²) in [6.45, 7) is 6.31. The topological polar surface area (TPSA) is 60.9 Å². The average Bonchev–Trinajstić information content (AvgIpc) is 2.22. The van der Waals surface area contributed by atoms with Crippen LogP contribution in [0.4, 0.5) is 4.79 Å². The van der Waals surface area contributed by atoms with Gasteiger partial charge in [0.15, 0.2) is 0 Å². The lowest BCUT2D eigenvalue weighted by atomic mass is 10.1. The van der Waals surface area contributed by atoms with E-state index >= 15 is 0 Å². The number of carbonyl (C=O) groups is 2. The van der Waals surface area contributed by atoms with Gasteiger partial charge in [0.05, 0.1) is 6.42 Å². The molecule has 94 valence electrons. The number of aliphatic carboxylic acids is 1. The van der Waals surface area contributed by atoms with Crippen molar-refractivity contribution < 1.29 is 14.7 Å². The maximum Gasteiger partial charge on any atom is 0.319 e. The second-order valence-corrected chi connectivity index (χ2v) is 4.44. The van der Waals surface area contributed by atoms with Crippen molar-refractivity contribution >= 4 is 12.0 Å². The molecule has 5 nitrogen and oxygen atoms in total. The molecule has 0 rings (SSSR count). The van der Waals surface area contributed by atoms with E-state index < -0.39 is 5.97 Å². The molecule has 0 aliphatic rings. The Balaban J connectivity index is 4.26. The predicted molar refractivity (Wildman–Crippen MR) is 62.3 cm³/mol. The molecular weight excluding hydrogens is 208 g/mol. The van der Waals surface area contributed by atoms with E-state index in [9.17, 15) is 9.59 Å². The SMILES string of the molecule is CC(C)C(C)N(C)C(=O)N(C)CCC(=O)O. The van der Waals surface area contributed by atoms with E-state index in [0.29, 0.717) is 5.92 Å². The van der Waals surface area contributed by atoms with Crippen LogP contribution in [0.3, 0.4) is 0 Å². The van der Waals surface area contributed by atoms with E-state index in [2.05, 4.69) is 0 Å². The molecule has 0 radical (unpaired) electrons. The van der Waals surface area contributed by atoms with Crippen LogP contribution in [0, 0.1) is 5.92 Å². The number of amides is 2. The highest BCUT2D eigenvalue weighted by Crippen LogP contribution is 2.10. The van der Waals surface area contributed by atoms with Crippen molar-refractivity contribution in [3.05, 3.63) is 0 Å². The van der Waals surface area contributed by atoms with Crippen molar-refractivity contribution in [2.75, 3.05) is 20.6 Å². The minimum Gasteiger partial charge on any atom is -0.481 e. The highest BCUT2D eigenvalue weighted by Gasteiger charge is 2.21. The molecule has 5 heteroatoms. The molecule has 1 N–H and O–H groups in total. The van der Waals surface area contributed by atoms with Gasteiger partial charge >= 0.3 is 12.0 Å². The van der Waals surface area contributed by atoms with Gasteiger partial charge in [0.25, 0.3) is 0 Å². The van der Waals surface area contributed by atoms with Gasteiger partial charge in [-0.25, -0.2) is 4.79 Å². The van der Waals surface area contributed by atoms with Crippen molar-refractivity contribution in [2.24, 2.45) is 5.92 Å². The normalized spacial score (nSPS) is 12.4. The number of rotatable bonds is 5. The van der Waals surface area contributed by atoms with Crippen LogP contribution in [0.2, 0.25) is 0 Å². The van der Waals surface area contributed by atoms with Gasteiger partial charge < -0.3 is 14.9 Å². The first-order valence-electron chi connectivity index (χ1n) is 5.47. The molecule has 0 aliphatic heterocycles. The third-order valence-corrected chi connectivity index (χ3v) is 2.87. The van der Waals surface area contributed by atoms with Crippen LogP contribution in [-0.4, -0.2) is 53.6 Å². The van der Waals surface area contributed by atoms with Crippen molar-refractivity contribution in [2.45, 2.75) is 33.2 Å². The first-order valence-corrected chi connectivity index (χ1v) is 5.47. The highest BCUT2D eigenvalue weighted by atomic mass is 16.4. The summed E-state index contributed by atoms with van der Waals surface area (Å²) in [5.41, 5.74) is 0. The molecule has 0 bridgehead atoms. The quantitative estimate of drug-likeness (QED) is 0.778. The molecule has 2 amide bonds. The lowest BCUT2D eigenvalue weighted by Gasteiger charge is -2.31. The van der Waals surface area contributed by atoms with Crippen LogP contribution in [0.1, 0.15) is 27.2 Å². The first-order chi connectivity index (χ1) is 7.27. The van der Waals surface area contributed by atoms with E-state index in [4.69, 9.17) is 5.11 Å². The summed E-state index contributed by atoms with van der Waals surface area (Å²) in [7, 11) is 3.36. The zero-order chi connectivity index (χ0) is 12.9. The van der Waals surface area contributed by atoms with Crippen molar-refractivity contribution in [3.8, 4) is 0 Å². The fourth-order valence-corrected chi connectivity index (χ4v) is 1.25. The van der Waals surface area contributed by atoms with E-state index in [0.717, 1.165) is 0 Å². The van der Waals surface area contributed by atoms with Gasteiger partial charge in [0.2, 0.25) is 0 Å². The van der Waals surface area contributed by atoms with Gasteiger partial charge in [0, 0.05) is 26.7 Å². The molecular formula is C11H22N2O3. The molecule has 1 unspecified atom stereocenters. The van der Waals surface area contributed by atoms with Gasteiger partial charge in [-0.3, -0.25) is 4.79 Å². The van der Waals surface area contributed by atoms with Crippen LogP contribution < -0.4 is 0 Å². The lowest BCUT2D eigenvalue weighted by molar-refractivity contribution is -0.137. The van der Waals surface area contributed by atoms with Crippen LogP contribution in [0.25, 0.3) is 0 Å². The fraction of sp³-hybridized carbons (Fsp3) is 0.818. The number of hydrogen-bond acceptors (Lipinski definition) is 2. The Kier molecular flexibility index (Phi) is 5.85. The van der Waals surface area contributed by atoms with E-state index in [1.807, 2.05) is 20.8 Å². The largest absolute Gasteiger partial charge is 0.481 e. The molecule has 1 atom stereocenters. The lowest BCUT2D eigenvalue weighted by Crippen LogP contribution is -2.45. The highest BCUT2D eigenvalue weighted by molar-refractivity contribution is 5.75. The number of carboxylic acids is 1. The number of carbonyl (C=O) groups excluding carboxylic acids is 1. The summed E-state index contributed by atoms with van der Waals surface area (Å²) < 4.78 is 0. The number of nitrogens with zero attached hydrogens (tertiary/aromatic N) is 2. The number of carboxylic acid groups (broad SMARTS) is 1. The summed E-state index contributed by atoms with van der Waals surface area (Å²) in [4.78, 5) is 25.3. The van der Waals surface area contributed by atoms with Gasteiger partial charge in [-0.2, -0.15) is 0 Å². The Morgan fingerprint density at radius 1 is 1.19 bits per heavy atom. The molecule has 0 saturated heterocycles. The zero-order valence-corrected chi connectivity index (χ0v) is 10.7. The van der Waals surface area contributed by atoms with Gasteiger partial charge in [-0.15, -0.1) is 0 Å². The molecule has 0 saturated carbocycles. The number of urea groups is 1. The standard InChI is InChI=1S/C11H22N2O3/c1-8(2)9(3)13(5)11(16)12(4)7-6-10(14)15/h8-9H,6-7H2,1-5H3,(H,14,15). The second kappa shape index (κ2) is 6.35. The van der Waals surface area contributed by atoms with Gasteiger partial charge in [0.1, 0.15) is 0 Å². The molecule has 0 aliphatic carbocycles. The molecule has 0 aromatic carbocycles. The predicted octanol–water partition coefficient (Wildman–Crippen LogP) is 1.49. The van der Waals surface area contributed by atoms with Crippen LogP contribution in [0.5, 0.6) is 0 Å². The smallest absolute Gasteiger partial charge is 0.319 e. The van der Waals surface area contributed by atoms with E-state index in [1.165, 1.54) is 4.90 Å². The van der Waals surface area contributed by atoms with Crippen LogP contribution >= 0.6 is 0 Å². The van der Waals surface area contributed by atoms with Crippen LogP contribution in [-0.2, 0) is 4.79 Å². The van der Waals surface area contributed by atoms with Crippen LogP contribution in [0.15, 0.2) is 0 Å². The third-order valence-electron chi connectivity index (χ3n) is 2.87. The fourth-order valence-electron chi connectivity index (χ4n) is 1.25. The summed E-state index contributed by atoms with van der Waals surface area (Å²) in [6.07, 6.45) is -0.0217. The minimum atomic E-state index is -0.890. The summed E-state index contributed by atoms with van der Waals surface area (Å²) in [5.74, 6) is -0.513. The maximum absolute atomic E-state index is 11.9. The molecule has 0 aromatic heterocycles. The molecule has 0 heterocycles. The Morgan fingerprint density at radius 2 is 1.69 bits per heavy atom. The van der Waals surface area contributed by atoms with Crippen molar-refractivity contribution in [1.29, 1.82) is 0 Å². The van der Waals surface area contributed by atoms with Gasteiger partial charge in [-0.1, -0.05) is 13.8 Å². The third kappa shape index (κ3) is 4.51. The summed E-state index contributed by atoms with van der Waals surface area (Å²) in [6, 6.07) is 0.00206. The Bertz CT molecular complexity index is 254. The maximum atomic E-state index is 11.9. The average molecular weight is 230 g/mol. The Morgan fingerprint density at radius 3 is 2.06 bits per heavy atom. The molecule has 0 spiro atoms. The minimum absolute atomic E-state index is 0.0217. The molecule has 0 aromatic rings. The second-order valence-electron chi connectivity index (χ2n) is 4.44. The zero-order valence-electron chi connectivity index (χ0n) is 10.7. The summed E-state index contributed by atoms with van der Waals surface area (Å²) in [5, 5.41) is 8.53. The Labute approximate surface area is 97.0 Å². The molecule has 0 fully saturated rings.